The Bertz CT molecular complexity index is 983. The first kappa shape index (κ1) is 13.3. The van der Waals surface area contributed by atoms with E-state index in [2.05, 4.69) is 4.98 Å². The highest BCUT2D eigenvalue weighted by Gasteiger charge is 2.08. The van der Waals surface area contributed by atoms with Crippen molar-refractivity contribution < 1.29 is 14.3 Å². The fourth-order valence-corrected chi connectivity index (χ4v) is 2.51. The summed E-state index contributed by atoms with van der Waals surface area (Å²) in [6, 6.07) is 14.4. The number of carboxylic acid groups (broad SMARTS) is 1. The third-order valence-electron chi connectivity index (χ3n) is 3.69. The van der Waals surface area contributed by atoms with Crippen molar-refractivity contribution in [3.8, 4) is 22.6 Å². The van der Waals surface area contributed by atoms with Gasteiger partial charge in [-0.2, -0.15) is 0 Å². The summed E-state index contributed by atoms with van der Waals surface area (Å²) in [6.07, 6.45) is 5.49. The first-order valence-electron chi connectivity index (χ1n) is 7.07. The summed E-state index contributed by atoms with van der Waals surface area (Å²) in [4.78, 5) is 15.4. The lowest BCUT2D eigenvalue weighted by molar-refractivity contribution is 0.0697. The summed E-state index contributed by atoms with van der Waals surface area (Å²) in [5.74, 6) is -0.203. The van der Waals surface area contributed by atoms with E-state index in [0.29, 0.717) is 0 Å². The number of aromatic carboxylic acids is 1. The lowest BCUT2D eigenvalue weighted by Crippen LogP contribution is -1.95. The molecule has 0 fully saturated rings. The van der Waals surface area contributed by atoms with Crippen molar-refractivity contribution in [1.82, 2.24) is 9.38 Å². The molecule has 5 nitrogen and oxygen atoms in total. The largest absolute Gasteiger partial charge is 0.478 e. The lowest BCUT2D eigenvalue weighted by Gasteiger charge is -2.03. The SMILES string of the molecule is O=C(O)c1ccc(-c2ccc3nc(-c4ccco4)cn3c2)cc1. The third kappa shape index (κ3) is 2.38. The van der Waals surface area contributed by atoms with Crippen molar-refractivity contribution in [2.45, 2.75) is 0 Å². The maximum atomic E-state index is 10.9. The molecule has 0 amide bonds. The maximum absolute atomic E-state index is 10.9. The number of benzene rings is 1. The zero-order chi connectivity index (χ0) is 15.8. The Morgan fingerprint density at radius 3 is 2.48 bits per heavy atom. The molecule has 1 N–H and O–H groups in total. The van der Waals surface area contributed by atoms with Gasteiger partial charge >= 0.3 is 5.97 Å². The van der Waals surface area contributed by atoms with E-state index < -0.39 is 5.97 Å². The summed E-state index contributed by atoms with van der Waals surface area (Å²) < 4.78 is 7.30. The van der Waals surface area contributed by atoms with Crippen molar-refractivity contribution in [3.05, 3.63) is 72.8 Å². The quantitative estimate of drug-likeness (QED) is 0.622. The zero-order valence-electron chi connectivity index (χ0n) is 12.0. The van der Waals surface area contributed by atoms with Crippen molar-refractivity contribution >= 4 is 11.6 Å². The molecule has 0 radical (unpaired) electrons. The molecule has 3 aromatic heterocycles. The Labute approximate surface area is 131 Å². The second kappa shape index (κ2) is 5.14. The van der Waals surface area contributed by atoms with E-state index in [1.807, 2.05) is 41.1 Å². The monoisotopic (exact) mass is 304 g/mol. The average Bonchev–Trinajstić information content (AvgIpc) is 3.23. The minimum Gasteiger partial charge on any atom is -0.478 e. The molecule has 4 aromatic rings. The van der Waals surface area contributed by atoms with Crippen LogP contribution in [0.3, 0.4) is 0 Å². The van der Waals surface area contributed by atoms with Crippen LogP contribution in [0.5, 0.6) is 0 Å². The van der Waals surface area contributed by atoms with Crippen LogP contribution in [0.25, 0.3) is 28.2 Å². The van der Waals surface area contributed by atoms with Gasteiger partial charge in [-0.15, -0.1) is 0 Å². The number of furan rings is 1. The molecule has 0 aliphatic rings. The fourth-order valence-electron chi connectivity index (χ4n) is 2.51. The van der Waals surface area contributed by atoms with Gasteiger partial charge in [0.2, 0.25) is 0 Å². The number of imidazole rings is 1. The van der Waals surface area contributed by atoms with Gasteiger partial charge in [0.1, 0.15) is 11.3 Å². The van der Waals surface area contributed by atoms with Gasteiger partial charge in [-0.25, -0.2) is 9.78 Å². The molecule has 112 valence electrons. The second-order valence-electron chi connectivity index (χ2n) is 5.17. The third-order valence-corrected chi connectivity index (χ3v) is 3.69. The van der Waals surface area contributed by atoms with Gasteiger partial charge in [-0.1, -0.05) is 12.1 Å². The molecule has 0 aliphatic heterocycles. The Kier molecular flexibility index (Phi) is 2.98. The minimum absolute atomic E-state index is 0.276. The molecule has 5 heteroatoms. The molecule has 0 spiro atoms. The molecule has 4 rings (SSSR count). The van der Waals surface area contributed by atoms with Crippen molar-refractivity contribution in [2.24, 2.45) is 0 Å². The Hall–Kier alpha value is -3.34. The standard InChI is InChI=1S/C18H12N2O3/c21-18(22)13-5-3-12(4-6-13)14-7-8-17-19-15(11-20(17)10-14)16-2-1-9-23-16/h1-11H,(H,21,22). The number of hydrogen-bond donors (Lipinski definition) is 1. The molecule has 23 heavy (non-hydrogen) atoms. The van der Waals surface area contributed by atoms with E-state index in [-0.39, 0.29) is 5.56 Å². The van der Waals surface area contributed by atoms with Crippen LogP contribution in [0, 0.1) is 0 Å². The van der Waals surface area contributed by atoms with E-state index >= 15 is 0 Å². The predicted octanol–water partition coefficient (Wildman–Crippen LogP) is 3.96. The normalized spacial score (nSPS) is 11.0. The zero-order valence-corrected chi connectivity index (χ0v) is 12.0. The number of fused-ring (bicyclic) bond motifs is 1. The van der Waals surface area contributed by atoms with E-state index in [0.717, 1.165) is 28.2 Å². The number of carbonyl (C=O) groups is 1. The van der Waals surface area contributed by atoms with Crippen LogP contribution in [0.4, 0.5) is 0 Å². The predicted molar refractivity (Wildman–Crippen MR) is 85.3 cm³/mol. The summed E-state index contributed by atoms with van der Waals surface area (Å²) in [7, 11) is 0. The minimum atomic E-state index is -0.926. The van der Waals surface area contributed by atoms with E-state index in [9.17, 15) is 4.79 Å². The first-order valence-corrected chi connectivity index (χ1v) is 7.07. The van der Waals surface area contributed by atoms with Gasteiger partial charge < -0.3 is 13.9 Å². The van der Waals surface area contributed by atoms with Gasteiger partial charge in [-0.05, 0) is 47.5 Å². The topological polar surface area (TPSA) is 67.7 Å². The summed E-state index contributed by atoms with van der Waals surface area (Å²) in [6.45, 7) is 0. The van der Waals surface area contributed by atoms with E-state index in [4.69, 9.17) is 9.52 Å². The molecule has 0 bridgehead atoms. The summed E-state index contributed by atoms with van der Waals surface area (Å²) >= 11 is 0. The molecule has 0 unspecified atom stereocenters. The Balaban J connectivity index is 1.75. The van der Waals surface area contributed by atoms with Gasteiger partial charge in [0.15, 0.2) is 5.76 Å². The highest BCUT2D eigenvalue weighted by molar-refractivity contribution is 5.88. The summed E-state index contributed by atoms with van der Waals surface area (Å²) in [5, 5.41) is 8.96. The first-order chi connectivity index (χ1) is 11.2. The number of hydrogen-bond acceptors (Lipinski definition) is 3. The van der Waals surface area contributed by atoms with E-state index in [1.165, 1.54) is 0 Å². The van der Waals surface area contributed by atoms with Crippen LogP contribution in [0.15, 0.2) is 71.6 Å². The van der Waals surface area contributed by atoms with Crippen LogP contribution in [-0.4, -0.2) is 20.5 Å². The maximum Gasteiger partial charge on any atom is 0.335 e. The molecule has 3 heterocycles. The smallest absolute Gasteiger partial charge is 0.335 e. The number of carboxylic acids is 1. The Morgan fingerprint density at radius 2 is 1.78 bits per heavy atom. The van der Waals surface area contributed by atoms with Crippen LogP contribution < -0.4 is 0 Å². The van der Waals surface area contributed by atoms with Crippen LogP contribution in [0.1, 0.15) is 10.4 Å². The molecule has 1 aromatic carbocycles. The molecular weight excluding hydrogens is 292 g/mol. The molecule has 0 atom stereocenters. The van der Waals surface area contributed by atoms with E-state index in [1.54, 1.807) is 30.5 Å². The van der Waals surface area contributed by atoms with Gasteiger partial charge in [0, 0.05) is 12.4 Å². The highest BCUT2D eigenvalue weighted by atomic mass is 16.4. The number of nitrogens with zero attached hydrogens (tertiary/aromatic N) is 2. The van der Waals surface area contributed by atoms with Crippen LogP contribution in [0.2, 0.25) is 0 Å². The van der Waals surface area contributed by atoms with Gasteiger partial charge in [-0.3, -0.25) is 0 Å². The van der Waals surface area contributed by atoms with Crippen molar-refractivity contribution in [2.75, 3.05) is 0 Å². The van der Waals surface area contributed by atoms with Crippen molar-refractivity contribution in [3.63, 3.8) is 0 Å². The molecule has 0 saturated carbocycles. The lowest BCUT2D eigenvalue weighted by atomic mass is 10.1. The number of aromatic nitrogens is 2. The summed E-state index contributed by atoms with van der Waals surface area (Å²) in [5.41, 5.74) is 3.80. The van der Waals surface area contributed by atoms with Crippen LogP contribution >= 0.6 is 0 Å². The fraction of sp³-hybridized carbons (Fsp3) is 0. The van der Waals surface area contributed by atoms with Gasteiger partial charge in [0.25, 0.3) is 0 Å². The van der Waals surface area contributed by atoms with Crippen molar-refractivity contribution in [1.29, 1.82) is 0 Å². The number of rotatable bonds is 3. The molecule has 0 aliphatic carbocycles. The highest BCUT2D eigenvalue weighted by Crippen LogP contribution is 2.24. The second-order valence-corrected chi connectivity index (χ2v) is 5.17. The Morgan fingerprint density at radius 1 is 1.00 bits per heavy atom. The average molecular weight is 304 g/mol. The molecular formula is C18H12N2O3. The van der Waals surface area contributed by atoms with Gasteiger partial charge in [0.05, 0.1) is 11.8 Å². The van der Waals surface area contributed by atoms with Crippen LogP contribution in [-0.2, 0) is 0 Å². The molecule has 0 saturated heterocycles. The number of pyridine rings is 1.